The molecule has 138 valence electrons. The SMILES string of the molecule is CC(=O)c1cccc(OCC(=O)O[C@H](C)C(=O)Nc2ccccc2C#N)c1. The number of rotatable bonds is 7. The lowest BCUT2D eigenvalue weighted by Gasteiger charge is -2.14. The van der Waals surface area contributed by atoms with E-state index in [4.69, 9.17) is 14.7 Å². The van der Waals surface area contributed by atoms with Crippen LogP contribution in [-0.4, -0.2) is 30.4 Å². The number of nitriles is 1. The Kier molecular flexibility index (Phi) is 6.67. The molecule has 0 aliphatic carbocycles. The average molecular weight is 366 g/mol. The smallest absolute Gasteiger partial charge is 0.344 e. The molecule has 2 aromatic carbocycles. The number of hydrogen-bond acceptors (Lipinski definition) is 6. The van der Waals surface area contributed by atoms with Crippen LogP contribution in [0, 0.1) is 11.3 Å². The Morgan fingerprint density at radius 3 is 2.59 bits per heavy atom. The van der Waals surface area contributed by atoms with Crippen molar-refractivity contribution >= 4 is 23.3 Å². The van der Waals surface area contributed by atoms with Crippen molar-refractivity contribution in [1.82, 2.24) is 0 Å². The predicted octanol–water partition coefficient (Wildman–Crippen LogP) is 2.71. The van der Waals surface area contributed by atoms with E-state index < -0.39 is 24.6 Å². The summed E-state index contributed by atoms with van der Waals surface area (Å²) in [6.07, 6.45) is -1.07. The number of para-hydroxylation sites is 1. The van der Waals surface area contributed by atoms with E-state index in [1.165, 1.54) is 19.9 Å². The van der Waals surface area contributed by atoms with Crippen molar-refractivity contribution < 1.29 is 23.9 Å². The predicted molar refractivity (Wildman–Crippen MR) is 97.3 cm³/mol. The molecule has 2 aromatic rings. The van der Waals surface area contributed by atoms with Gasteiger partial charge in [0.05, 0.1) is 11.3 Å². The molecule has 7 nitrogen and oxygen atoms in total. The highest BCUT2D eigenvalue weighted by Gasteiger charge is 2.19. The van der Waals surface area contributed by atoms with Crippen molar-refractivity contribution in [3.8, 4) is 11.8 Å². The van der Waals surface area contributed by atoms with Crippen molar-refractivity contribution in [3.05, 3.63) is 59.7 Å². The van der Waals surface area contributed by atoms with E-state index >= 15 is 0 Å². The lowest BCUT2D eigenvalue weighted by molar-refractivity contribution is -0.155. The number of carbonyl (C=O) groups is 3. The molecule has 0 fully saturated rings. The van der Waals surface area contributed by atoms with Crippen LogP contribution < -0.4 is 10.1 Å². The van der Waals surface area contributed by atoms with Gasteiger partial charge in [-0.25, -0.2) is 4.79 Å². The minimum atomic E-state index is -1.07. The van der Waals surface area contributed by atoms with Crippen LogP contribution in [0.1, 0.15) is 29.8 Å². The van der Waals surface area contributed by atoms with Gasteiger partial charge in [-0.05, 0) is 38.1 Å². The highest BCUT2D eigenvalue weighted by atomic mass is 16.6. The first kappa shape index (κ1) is 19.7. The molecule has 27 heavy (non-hydrogen) atoms. The quantitative estimate of drug-likeness (QED) is 0.597. The zero-order valence-corrected chi connectivity index (χ0v) is 14.9. The molecule has 0 unspecified atom stereocenters. The number of Topliss-reactive ketones (excluding diaryl/α,β-unsaturated/α-hetero) is 1. The maximum absolute atomic E-state index is 12.1. The Balaban J connectivity index is 1.88. The van der Waals surface area contributed by atoms with Gasteiger partial charge in [0.2, 0.25) is 0 Å². The van der Waals surface area contributed by atoms with Crippen LogP contribution in [0.3, 0.4) is 0 Å². The second-order valence-corrected chi connectivity index (χ2v) is 5.65. The molecular weight excluding hydrogens is 348 g/mol. The average Bonchev–Trinajstić information content (AvgIpc) is 2.67. The molecule has 1 atom stereocenters. The molecule has 0 aliphatic heterocycles. The summed E-state index contributed by atoms with van der Waals surface area (Å²) in [4.78, 5) is 35.4. The molecule has 0 radical (unpaired) electrons. The highest BCUT2D eigenvalue weighted by Crippen LogP contribution is 2.15. The zero-order chi connectivity index (χ0) is 19.8. The van der Waals surface area contributed by atoms with Gasteiger partial charge in [0.15, 0.2) is 18.5 Å². The minimum absolute atomic E-state index is 0.119. The van der Waals surface area contributed by atoms with Gasteiger partial charge < -0.3 is 14.8 Å². The summed E-state index contributed by atoms with van der Waals surface area (Å²) >= 11 is 0. The Hall–Kier alpha value is -3.66. The van der Waals surface area contributed by atoms with Crippen LogP contribution in [0.4, 0.5) is 5.69 Å². The molecule has 0 saturated carbocycles. The first-order valence-electron chi connectivity index (χ1n) is 8.14. The van der Waals surface area contributed by atoms with Crippen LogP contribution in [0.5, 0.6) is 5.75 Å². The summed E-state index contributed by atoms with van der Waals surface area (Å²) in [6, 6.07) is 14.9. The summed E-state index contributed by atoms with van der Waals surface area (Å²) in [7, 11) is 0. The van der Waals surface area contributed by atoms with E-state index in [0.717, 1.165) is 0 Å². The van der Waals surface area contributed by atoms with E-state index in [1.54, 1.807) is 42.5 Å². The van der Waals surface area contributed by atoms with Crippen LogP contribution in [0.2, 0.25) is 0 Å². The van der Waals surface area contributed by atoms with Crippen molar-refractivity contribution in [2.45, 2.75) is 20.0 Å². The van der Waals surface area contributed by atoms with E-state index in [9.17, 15) is 14.4 Å². The molecule has 1 N–H and O–H groups in total. The lowest BCUT2D eigenvalue weighted by atomic mass is 10.1. The normalized spacial score (nSPS) is 11.0. The number of hydrogen-bond donors (Lipinski definition) is 1. The van der Waals surface area contributed by atoms with E-state index in [1.807, 2.05) is 6.07 Å². The van der Waals surface area contributed by atoms with Gasteiger partial charge in [0.25, 0.3) is 5.91 Å². The van der Waals surface area contributed by atoms with Crippen molar-refractivity contribution in [2.24, 2.45) is 0 Å². The Morgan fingerprint density at radius 2 is 1.89 bits per heavy atom. The van der Waals surface area contributed by atoms with Crippen LogP contribution in [0.15, 0.2) is 48.5 Å². The molecule has 0 bridgehead atoms. The van der Waals surface area contributed by atoms with Crippen LogP contribution >= 0.6 is 0 Å². The Bertz CT molecular complexity index is 901. The molecule has 0 spiro atoms. The summed E-state index contributed by atoms with van der Waals surface area (Å²) in [6.45, 7) is 2.44. The first-order valence-corrected chi connectivity index (χ1v) is 8.14. The van der Waals surface area contributed by atoms with Crippen molar-refractivity contribution in [2.75, 3.05) is 11.9 Å². The topological polar surface area (TPSA) is 105 Å². The number of nitrogens with zero attached hydrogens (tertiary/aromatic N) is 1. The third-order valence-corrected chi connectivity index (χ3v) is 3.58. The van der Waals surface area contributed by atoms with Gasteiger partial charge in [0.1, 0.15) is 11.8 Å². The van der Waals surface area contributed by atoms with E-state index in [0.29, 0.717) is 22.6 Å². The molecule has 0 heterocycles. The molecule has 1 amide bonds. The Labute approximate surface area is 156 Å². The Morgan fingerprint density at radius 1 is 1.15 bits per heavy atom. The van der Waals surface area contributed by atoms with Gasteiger partial charge in [0, 0.05) is 5.56 Å². The number of benzene rings is 2. The second-order valence-electron chi connectivity index (χ2n) is 5.65. The summed E-state index contributed by atoms with van der Waals surface area (Å²) < 4.78 is 10.3. The largest absolute Gasteiger partial charge is 0.482 e. The summed E-state index contributed by atoms with van der Waals surface area (Å²) in [5, 5.41) is 11.6. The number of ketones is 1. The maximum atomic E-state index is 12.1. The molecule has 0 saturated heterocycles. The highest BCUT2D eigenvalue weighted by molar-refractivity contribution is 5.96. The van der Waals surface area contributed by atoms with Crippen molar-refractivity contribution in [1.29, 1.82) is 5.26 Å². The van der Waals surface area contributed by atoms with Gasteiger partial charge in [-0.2, -0.15) is 5.26 Å². The third kappa shape index (κ3) is 5.68. The molecule has 7 heteroatoms. The number of anilines is 1. The van der Waals surface area contributed by atoms with E-state index in [-0.39, 0.29) is 5.78 Å². The summed E-state index contributed by atoms with van der Waals surface area (Å²) in [5.74, 6) is -1.07. The van der Waals surface area contributed by atoms with Crippen LogP contribution in [0.25, 0.3) is 0 Å². The number of nitrogens with one attached hydrogen (secondary N) is 1. The third-order valence-electron chi connectivity index (χ3n) is 3.58. The number of carbonyl (C=O) groups excluding carboxylic acids is 3. The fourth-order valence-corrected chi connectivity index (χ4v) is 2.16. The monoisotopic (exact) mass is 366 g/mol. The second kappa shape index (κ2) is 9.15. The molecule has 0 aliphatic rings. The fraction of sp³-hybridized carbons (Fsp3) is 0.200. The molecule has 2 rings (SSSR count). The lowest BCUT2D eigenvalue weighted by Crippen LogP contribution is -2.31. The molecule has 0 aromatic heterocycles. The van der Waals surface area contributed by atoms with Crippen molar-refractivity contribution in [3.63, 3.8) is 0 Å². The van der Waals surface area contributed by atoms with Gasteiger partial charge in [-0.1, -0.05) is 24.3 Å². The number of esters is 1. The van der Waals surface area contributed by atoms with Gasteiger partial charge >= 0.3 is 5.97 Å². The van der Waals surface area contributed by atoms with Gasteiger partial charge in [-0.3, -0.25) is 9.59 Å². The van der Waals surface area contributed by atoms with E-state index in [2.05, 4.69) is 5.32 Å². The van der Waals surface area contributed by atoms with Gasteiger partial charge in [-0.15, -0.1) is 0 Å². The fourth-order valence-electron chi connectivity index (χ4n) is 2.16. The molecular formula is C20H18N2O5. The number of amides is 1. The summed E-state index contributed by atoms with van der Waals surface area (Å²) in [5.41, 5.74) is 1.10. The minimum Gasteiger partial charge on any atom is -0.482 e. The zero-order valence-electron chi connectivity index (χ0n) is 14.9. The number of ether oxygens (including phenoxy) is 2. The standard InChI is InChI=1S/C20H18N2O5/c1-13(23)15-7-5-8-17(10-15)26-12-19(24)27-14(2)20(25)22-18-9-4-3-6-16(18)11-21/h3-10,14H,12H2,1-2H3,(H,22,25)/t14-/m1/s1. The maximum Gasteiger partial charge on any atom is 0.344 e. The van der Waals surface area contributed by atoms with Crippen LogP contribution in [-0.2, 0) is 14.3 Å². The first-order chi connectivity index (χ1) is 12.9.